The van der Waals surface area contributed by atoms with Crippen LogP contribution in [0.5, 0.6) is 0 Å². The average molecular weight is 323 g/mol. The molecule has 2 unspecified atom stereocenters. The van der Waals surface area contributed by atoms with Gasteiger partial charge in [0.15, 0.2) is 5.82 Å². The quantitative estimate of drug-likeness (QED) is 0.696. The molecule has 1 heterocycles. The highest BCUT2D eigenvalue weighted by molar-refractivity contribution is 5.53. The molecule has 6 nitrogen and oxygen atoms in total. The van der Waals surface area contributed by atoms with Crippen LogP contribution in [-0.4, -0.2) is 38.0 Å². The predicted octanol–water partition coefficient (Wildman–Crippen LogP) is 2.05. The molecule has 0 bridgehead atoms. The lowest BCUT2D eigenvalue weighted by Gasteiger charge is -2.17. The van der Waals surface area contributed by atoms with Crippen LogP contribution >= 0.6 is 0 Å². The third-order valence-corrected chi connectivity index (χ3v) is 3.91. The first-order valence-corrected chi connectivity index (χ1v) is 8.02. The van der Waals surface area contributed by atoms with Crippen molar-refractivity contribution in [3.05, 3.63) is 66.2 Å². The number of benzene rings is 2. The van der Waals surface area contributed by atoms with Crippen molar-refractivity contribution < 1.29 is 5.11 Å². The van der Waals surface area contributed by atoms with E-state index in [9.17, 15) is 5.11 Å². The summed E-state index contributed by atoms with van der Waals surface area (Å²) >= 11 is 0. The molecule has 1 aromatic heterocycles. The van der Waals surface area contributed by atoms with E-state index in [-0.39, 0.29) is 6.04 Å². The molecule has 2 atom stereocenters. The maximum absolute atomic E-state index is 10.3. The summed E-state index contributed by atoms with van der Waals surface area (Å²) in [5.41, 5.74) is 2.12. The highest BCUT2D eigenvalue weighted by Gasteiger charge is 2.14. The van der Waals surface area contributed by atoms with Crippen molar-refractivity contribution >= 4 is 0 Å². The highest BCUT2D eigenvalue weighted by Crippen LogP contribution is 2.15. The number of aliphatic hydroxyl groups is 1. The number of rotatable bonds is 7. The van der Waals surface area contributed by atoms with E-state index >= 15 is 0 Å². The summed E-state index contributed by atoms with van der Waals surface area (Å²) < 4.78 is 1.63. The maximum atomic E-state index is 10.3. The van der Waals surface area contributed by atoms with Crippen LogP contribution in [0.2, 0.25) is 0 Å². The van der Waals surface area contributed by atoms with E-state index in [1.54, 1.807) is 4.68 Å². The van der Waals surface area contributed by atoms with Crippen LogP contribution in [-0.2, 0) is 6.54 Å². The molecule has 0 aliphatic heterocycles. The lowest BCUT2D eigenvalue weighted by atomic mass is 10.1. The molecule has 0 fully saturated rings. The van der Waals surface area contributed by atoms with Gasteiger partial charge in [-0.15, -0.1) is 5.10 Å². The van der Waals surface area contributed by atoms with Gasteiger partial charge in [-0.1, -0.05) is 60.7 Å². The Morgan fingerprint density at radius 2 is 1.71 bits per heavy atom. The van der Waals surface area contributed by atoms with Crippen LogP contribution in [0.1, 0.15) is 18.5 Å². The Bertz CT molecular complexity index is 744. The molecule has 3 aromatic rings. The number of aliphatic hydroxyl groups excluding tert-OH is 1. The summed E-state index contributed by atoms with van der Waals surface area (Å²) in [4.78, 5) is 0. The number of nitrogens with zero attached hydrogens (tertiary/aromatic N) is 4. The third-order valence-electron chi connectivity index (χ3n) is 3.91. The van der Waals surface area contributed by atoms with Crippen LogP contribution in [0.4, 0.5) is 0 Å². The van der Waals surface area contributed by atoms with Gasteiger partial charge in [0, 0.05) is 18.2 Å². The molecule has 0 saturated carbocycles. The van der Waals surface area contributed by atoms with E-state index in [0.29, 0.717) is 18.9 Å². The fourth-order valence-electron chi connectivity index (χ4n) is 2.56. The van der Waals surface area contributed by atoms with Gasteiger partial charge in [-0.05, 0) is 22.9 Å². The van der Waals surface area contributed by atoms with Crippen LogP contribution in [0.15, 0.2) is 60.7 Å². The largest absolute Gasteiger partial charge is 0.390 e. The summed E-state index contributed by atoms with van der Waals surface area (Å²) in [5, 5.41) is 25.4. The van der Waals surface area contributed by atoms with E-state index in [4.69, 9.17) is 0 Å². The number of hydrogen-bond acceptors (Lipinski definition) is 5. The number of aromatic nitrogens is 4. The Kier molecular flexibility index (Phi) is 5.30. The van der Waals surface area contributed by atoms with Crippen molar-refractivity contribution in [2.45, 2.75) is 25.6 Å². The maximum Gasteiger partial charge on any atom is 0.182 e. The molecule has 0 amide bonds. The standard InChI is InChI=1S/C18H21N5O/c1-14(15-8-4-2-5-9-15)19-12-17(24)13-23-18(20-21-22-23)16-10-6-3-7-11-16/h2-11,14,17,19,24H,12-13H2,1H3. The molecule has 0 aliphatic rings. The molecule has 0 spiro atoms. The second kappa shape index (κ2) is 7.81. The SMILES string of the molecule is CC(NCC(O)Cn1nnnc1-c1ccccc1)c1ccccc1. The molecule has 0 saturated heterocycles. The van der Waals surface area contributed by atoms with Gasteiger partial charge in [-0.2, -0.15) is 0 Å². The Morgan fingerprint density at radius 1 is 1.04 bits per heavy atom. The molecule has 6 heteroatoms. The molecule has 0 aliphatic carbocycles. The zero-order chi connectivity index (χ0) is 16.8. The van der Waals surface area contributed by atoms with Gasteiger partial charge in [0.1, 0.15) is 0 Å². The first-order valence-electron chi connectivity index (χ1n) is 8.02. The van der Waals surface area contributed by atoms with E-state index in [1.165, 1.54) is 5.56 Å². The van der Waals surface area contributed by atoms with E-state index in [0.717, 1.165) is 5.56 Å². The van der Waals surface area contributed by atoms with Gasteiger partial charge in [-0.25, -0.2) is 4.68 Å². The molecule has 0 radical (unpaired) electrons. The molecule has 2 N–H and O–H groups in total. The first kappa shape index (κ1) is 16.3. The summed E-state index contributed by atoms with van der Waals surface area (Å²) in [6, 6.07) is 20.0. The topological polar surface area (TPSA) is 75.9 Å². The lowest BCUT2D eigenvalue weighted by Crippen LogP contribution is -2.32. The van der Waals surface area contributed by atoms with Crippen molar-refractivity contribution in [2.75, 3.05) is 6.54 Å². The molecule has 24 heavy (non-hydrogen) atoms. The molecule has 3 rings (SSSR count). The fraction of sp³-hybridized carbons (Fsp3) is 0.278. The summed E-state index contributed by atoms with van der Waals surface area (Å²) in [5.74, 6) is 0.658. The van der Waals surface area contributed by atoms with Gasteiger partial charge in [0.2, 0.25) is 0 Å². The van der Waals surface area contributed by atoms with Crippen LogP contribution in [0.25, 0.3) is 11.4 Å². The average Bonchev–Trinajstić information content (AvgIpc) is 3.09. The second-order valence-electron chi connectivity index (χ2n) is 5.75. The number of hydrogen-bond donors (Lipinski definition) is 2. The van der Waals surface area contributed by atoms with Crippen LogP contribution in [0.3, 0.4) is 0 Å². The van der Waals surface area contributed by atoms with Gasteiger partial charge in [-0.3, -0.25) is 0 Å². The van der Waals surface area contributed by atoms with Gasteiger partial charge >= 0.3 is 0 Å². The summed E-state index contributed by atoms with van der Waals surface area (Å²) in [6.45, 7) is 2.88. The van der Waals surface area contributed by atoms with Gasteiger partial charge < -0.3 is 10.4 Å². The van der Waals surface area contributed by atoms with Crippen molar-refractivity contribution in [3.63, 3.8) is 0 Å². The van der Waals surface area contributed by atoms with Crippen molar-refractivity contribution in [1.82, 2.24) is 25.5 Å². The van der Waals surface area contributed by atoms with Gasteiger partial charge in [0.25, 0.3) is 0 Å². The number of nitrogens with one attached hydrogen (secondary N) is 1. The molecule has 2 aromatic carbocycles. The zero-order valence-corrected chi connectivity index (χ0v) is 13.6. The van der Waals surface area contributed by atoms with Gasteiger partial charge in [0.05, 0.1) is 12.6 Å². The Labute approximate surface area is 141 Å². The Balaban J connectivity index is 1.58. The summed E-state index contributed by atoms with van der Waals surface area (Å²) in [6.07, 6.45) is -0.581. The Morgan fingerprint density at radius 3 is 2.42 bits per heavy atom. The zero-order valence-electron chi connectivity index (χ0n) is 13.6. The van der Waals surface area contributed by atoms with Crippen molar-refractivity contribution in [2.24, 2.45) is 0 Å². The minimum atomic E-state index is -0.581. The Hall–Kier alpha value is -2.57. The smallest absolute Gasteiger partial charge is 0.182 e. The molecular formula is C18H21N5O. The minimum Gasteiger partial charge on any atom is -0.390 e. The first-order chi connectivity index (χ1) is 11.7. The summed E-state index contributed by atoms with van der Waals surface area (Å²) in [7, 11) is 0. The molecular weight excluding hydrogens is 302 g/mol. The number of tetrazole rings is 1. The second-order valence-corrected chi connectivity index (χ2v) is 5.75. The van der Waals surface area contributed by atoms with Crippen molar-refractivity contribution in [3.8, 4) is 11.4 Å². The monoisotopic (exact) mass is 323 g/mol. The van der Waals surface area contributed by atoms with E-state index < -0.39 is 6.10 Å². The van der Waals surface area contributed by atoms with Crippen LogP contribution < -0.4 is 5.32 Å². The minimum absolute atomic E-state index is 0.170. The fourth-order valence-corrected chi connectivity index (χ4v) is 2.56. The third kappa shape index (κ3) is 4.04. The van der Waals surface area contributed by atoms with E-state index in [1.807, 2.05) is 48.5 Å². The van der Waals surface area contributed by atoms with E-state index in [2.05, 4.69) is 39.9 Å². The normalized spacial score (nSPS) is 13.6. The highest BCUT2D eigenvalue weighted by atomic mass is 16.3. The lowest BCUT2D eigenvalue weighted by molar-refractivity contribution is 0.143. The van der Waals surface area contributed by atoms with Crippen LogP contribution in [0, 0.1) is 0 Å². The molecule has 124 valence electrons. The van der Waals surface area contributed by atoms with Crippen molar-refractivity contribution in [1.29, 1.82) is 0 Å². The predicted molar refractivity (Wildman–Crippen MR) is 92.1 cm³/mol.